The first kappa shape index (κ1) is 19.2. The summed E-state index contributed by atoms with van der Waals surface area (Å²) in [6.45, 7) is 4.66. The molecule has 1 fully saturated rings. The maximum absolute atomic E-state index is 12.8. The zero-order valence-electron chi connectivity index (χ0n) is 16.5. The lowest BCUT2D eigenvalue weighted by Crippen LogP contribution is -2.43. The molecule has 0 bridgehead atoms. The zero-order chi connectivity index (χ0) is 19.6. The number of benzene rings is 1. The standard InChI is InChI=1S/C19H28N6O2/c1-12-10-14(22-21-12)11-24(3)19(26)20-18-17(13(2)23-25(18)4)15-8-6-7-9-16(15)27-5/h6-9,12,14,21-22H,10-11H2,1-5H3,(H,20,26). The molecule has 2 heterocycles. The number of anilines is 1. The van der Waals surface area contributed by atoms with Crippen LogP contribution in [0.4, 0.5) is 10.6 Å². The average Bonchev–Trinajstić information content (AvgIpc) is 3.17. The molecule has 1 aliphatic rings. The van der Waals surface area contributed by atoms with E-state index in [1.165, 1.54) is 0 Å². The van der Waals surface area contributed by atoms with Gasteiger partial charge in [0.05, 0.1) is 18.4 Å². The number of urea groups is 1. The molecule has 1 aromatic carbocycles. The first-order valence-electron chi connectivity index (χ1n) is 9.10. The van der Waals surface area contributed by atoms with Crippen LogP contribution in [0.2, 0.25) is 0 Å². The maximum Gasteiger partial charge on any atom is 0.322 e. The van der Waals surface area contributed by atoms with Crippen LogP contribution in [0.25, 0.3) is 11.1 Å². The summed E-state index contributed by atoms with van der Waals surface area (Å²) in [5.74, 6) is 1.40. The normalized spacial score (nSPS) is 19.1. The number of para-hydroxylation sites is 1. The summed E-state index contributed by atoms with van der Waals surface area (Å²) in [7, 11) is 5.26. The van der Waals surface area contributed by atoms with E-state index in [1.807, 2.05) is 38.2 Å². The van der Waals surface area contributed by atoms with E-state index in [-0.39, 0.29) is 12.1 Å². The Hall–Kier alpha value is -2.58. The van der Waals surface area contributed by atoms with Crippen molar-refractivity contribution in [2.45, 2.75) is 32.4 Å². The molecule has 0 saturated carbocycles. The molecule has 1 aliphatic heterocycles. The van der Waals surface area contributed by atoms with Crippen molar-refractivity contribution in [1.82, 2.24) is 25.5 Å². The molecule has 0 spiro atoms. The van der Waals surface area contributed by atoms with Crippen molar-refractivity contribution in [3.05, 3.63) is 30.0 Å². The molecule has 8 heteroatoms. The third-order valence-corrected chi connectivity index (χ3v) is 4.84. The van der Waals surface area contributed by atoms with Gasteiger partial charge in [0, 0.05) is 38.3 Å². The number of hydrazine groups is 1. The maximum atomic E-state index is 12.8. The van der Waals surface area contributed by atoms with Gasteiger partial charge in [0.25, 0.3) is 0 Å². The highest BCUT2D eigenvalue weighted by molar-refractivity contribution is 5.94. The molecule has 3 rings (SSSR count). The summed E-state index contributed by atoms with van der Waals surface area (Å²) < 4.78 is 7.19. The van der Waals surface area contributed by atoms with E-state index in [9.17, 15) is 4.79 Å². The number of nitrogens with zero attached hydrogens (tertiary/aromatic N) is 3. The summed E-state index contributed by atoms with van der Waals surface area (Å²) in [6.07, 6.45) is 0.981. The zero-order valence-corrected chi connectivity index (χ0v) is 16.5. The van der Waals surface area contributed by atoms with Gasteiger partial charge in [-0.1, -0.05) is 18.2 Å². The topological polar surface area (TPSA) is 83.5 Å². The van der Waals surface area contributed by atoms with Crippen molar-refractivity contribution in [1.29, 1.82) is 0 Å². The van der Waals surface area contributed by atoms with Crippen LogP contribution in [0.1, 0.15) is 19.0 Å². The van der Waals surface area contributed by atoms with Crippen molar-refractivity contribution in [3.63, 3.8) is 0 Å². The SMILES string of the molecule is COc1ccccc1-c1c(C)nn(C)c1NC(=O)N(C)CC1CC(C)NN1. The second-order valence-corrected chi connectivity index (χ2v) is 7.07. The molecule has 0 radical (unpaired) electrons. The number of ether oxygens (including phenoxy) is 1. The van der Waals surface area contributed by atoms with Gasteiger partial charge in [-0.15, -0.1) is 0 Å². The number of carbonyl (C=O) groups is 1. The van der Waals surface area contributed by atoms with Gasteiger partial charge in [0.1, 0.15) is 11.6 Å². The van der Waals surface area contributed by atoms with Gasteiger partial charge < -0.3 is 9.64 Å². The first-order valence-corrected chi connectivity index (χ1v) is 9.10. The Balaban J connectivity index is 1.81. The monoisotopic (exact) mass is 372 g/mol. The lowest BCUT2D eigenvalue weighted by atomic mass is 10.0. The molecular weight excluding hydrogens is 344 g/mol. The second kappa shape index (κ2) is 7.98. The average molecular weight is 372 g/mol. The number of amides is 2. The van der Waals surface area contributed by atoms with E-state index in [0.717, 1.165) is 29.0 Å². The van der Waals surface area contributed by atoms with Crippen molar-refractivity contribution in [2.24, 2.45) is 7.05 Å². The predicted molar refractivity (Wildman–Crippen MR) is 106 cm³/mol. The summed E-state index contributed by atoms with van der Waals surface area (Å²) in [4.78, 5) is 14.5. The summed E-state index contributed by atoms with van der Waals surface area (Å²) in [5.41, 5.74) is 9.00. The van der Waals surface area contributed by atoms with Gasteiger partial charge in [0.2, 0.25) is 0 Å². The number of carbonyl (C=O) groups excluding carboxylic acids is 1. The minimum absolute atomic E-state index is 0.171. The van der Waals surface area contributed by atoms with Crippen molar-refractivity contribution in [2.75, 3.05) is 26.0 Å². The summed E-state index contributed by atoms with van der Waals surface area (Å²) in [6, 6.07) is 8.21. The molecule has 27 heavy (non-hydrogen) atoms. The van der Waals surface area contributed by atoms with Gasteiger partial charge in [-0.25, -0.2) is 4.79 Å². The fourth-order valence-electron chi connectivity index (χ4n) is 3.51. The van der Waals surface area contributed by atoms with E-state index >= 15 is 0 Å². The molecule has 0 aliphatic carbocycles. The highest BCUT2D eigenvalue weighted by atomic mass is 16.5. The Morgan fingerprint density at radius 2 is 2.15 bits per heavy atom. The molecule has 1 saturated heterocycles. The Kier molecular flexibility index (Phi) is 5.67. The molecule has 2 amide bonds. The third-order valence-electron chi connectivity index (χ3n) is 4.84. The van der Waals surface area contributed by atoms with Crippen LogP contribution in [-0.2, 0) is 7.05 Å². The molecule has 2 aromatic rings. The van der Waals surface area contributed by atoms with Crippen LogP contribution in [0.15, 0.2) is 24.3 Å². The number of nitrogens with one attached hydrogen (secondary N) is 3. The van der Waals surface area contributed by atoms with E-state index < -0.39 is 0 Å². The lowest BCUT2D eigenvalue weighted by molar-refractivity contribution is 0.217. The number of methoxy groups -OCH3 is 1. The van der Waals surface area contributed by atoms with Crippen LogP contribution < -0.4 is 20.9 Å². The van der Waals surface area contributed by atoms with E-state index in [1.54, 1.807) is 23.7 Å². The molecule has 8 nitrogen and oxygen atoms in total. The molecule has 3 N–H and O–H groups in total. The van der Waals surface area contributed by atoms with E-state index in [4.69, 9.17) is 4.74 Å². The van der Waals surface area contributed by atoms with Crippen molar-refractivity contribution in [3.8, 4) is 16.9 Å². The highest BCUT2D eigenvalue weighted by Gasteiger charge is 2.25. The fraction of sp³-hybridized carbons (Fsp3) is 0.474. The second-order valence-electron chi connectivity index (χ2n) is 7.07. The van der Waals surface area contributed by atoms with Crippen molar-refractivity contribution >= 4 is 11.8 Å². The van der Waals surface area contributed by atoms with Gasteiger partial charge in [-0.3, -0.25) is 20.9 Å². The molecular formula is C19H28N6O2. The van der Waals surface area contributed by atoms with Gasteiger partial charge in [-0.05, 0) is 26.3 Å². The molecule has 2 atom stereocenters. The number of likely N-dealkylation sites (N-methyl/N-ethyl adjacent to an activating group) is 1. The first-order chi connectivity index (χ1) is 12.9. The number of aromatic nitrogens is 2. The van der Waals surface area contributed by atoms with Crippen LogP contribution >= 0.6 is 0 Å². The van der Waals surface area contributed by atoms with Crippen molar-refractivity contribution < 1.29 is 9.53 Å². The Labute approximate surface area is 159 Å². The molecule has 2 unspecified atom stereocenters. The quantitative estimate of drug-likeness (QED) is 0.749. The highest BCUT2D eigenvalue weighted by Crippen LogP contribution is 2.37. The third kappa shape index (κ3) is 4.06. The number of rotatable bonds is 5. The number of hydrogen-bond acceptors (Lipinski definition) is 5. The number of aryl methyl sites for hydroxylation is 2. The van der Waals surface area contributed by atoms with Gasteiger partial charge >= 0.3 is 6.03 Å². The molecule has 1 aromatic heterocycles. The van der Waals surface area contributed by atoms with Crippen LogP contribution in [-0.4, -0.2) is 53.5 Å². The Morgan fingerprint density at radius 1 is 1.41 bits per heavy atom. The predicted octanol–water partition coefficient (Wildman–Crippen LogP) is 2.12. The summed E-state index contributed by atoms with van der Waals surface area (Å²) in [5, 5.41) is 7.51. The molecule has 146 valence electrons. The summed E-state index contributed by atoms with van der Waals surface area (Å²) >= 11 is 0. The van der Waals surface area contributed by atoms with E-state index in [0.29, 0.717) is 18.4 Å². The fourth-order valence-corrected chi connectivity index (χ4v) is 3.51. The smallest absolute Gasteiger partial charge is 0.322 e. The minimum atomic E-state index is -0.171. The van der Waals surface area contributed by atoms with Crippen LogP contribution in [0, 0.1) is 6.92 Å². The van der Waals surface area contributed by atoms with Crippen LogP contribution in [0.5, 0.6) is 5.75 Å². The largest absolute Gasteiger partial charge is 0.496 e. The van der Waals surface area contributed by atoms with Gasteiger partial charge in [-0.2, -0.15) is 5.10 Å². The Bertz CT molecular complexity index is 819. The lowest BCUT2D eigenvalue weighted by Gasteiger charge is -2.22. The van der Waals surface area contributed by atoms with Crippen LogP contribution in [0.3, 0.4) is 0 Å². The minimum Gasteiger partial charge on any atom is -0.496 e. The van der Waals surface area contributed by atoms with Gasteiger partial charge in [0.15, 0.2) is 0 Å². The number of hydrogen-bond donors (Lipinski definition) is 3. The van der Waals surface area contributed by atoms with E-state index in [2.05, 4.69) is 28.2 Å². The Morgan fingerprint density at radius 3 is 2.81 bits per heavy atom.